The second-order valence-corrected chi connectivity index (χ2v) is 8.32. The Morgan fingerprint density at radius 1 is 1.00 bits per heavy atom. The van der Waals surface area contributed by atoms with Crippen LogP contribution in [0.15, 0.2) is 83.8 Å². The van der Waals surface area contributed by atoms with E-state index in [1.807, 2.05) is 72.8 Å². The Balaban J connectivity index is 1.51. The molecule has 144 valence electrons. The summed E-state index contributed by atoms with van der Waals surface area (Å²) in [5, 5.41) is 0. The molecule has 1 aliphatic rings. The number of hydrogen-bond donors (Lipinski definition) is 0. The van der Waals surface area contributed by atoms with E-state index in [2.05, 4.69) is 19.1 Å². The van der Waals surface area contributed by atoms with Crippen LogP contribution < -0.4 is 9.64 Å². The van der Waals surface area contributed by atoms with Gasteiger partial charge in [0.1, 0.15) is 12.4 Å². The van der Waals surface area contributed by atoms with E-state index in [9.17, 15) is 4.79 Å². The minimum absolute atomic E-state index is 0.0996. The first-order valence-electron chi connectivity index (χ1n) is 9.22. The van der Waals surface area contributed by atoms with Crippen molar-refractivity contribution in [2.24, 2.45) is 0 Å². The summed E-state index contributed by atoms with van der Waals surface area (Å²) in [7, 11) is 0. The first kappa shape index (κ1) is 19.4. The van der Waals surface area contributed by atoms with E-state index in [0.717, 1.165) is 22.6 Å². The van der Waals surface area contributed by atoms with Crippen LogP contribution in [0.1, 0.15) is 16.7 Å². The maximum atomic E-state index is 12.9. The lowest BCUT2D eigenvalue weighted by molar-refractivity contribution is -0.113. The number of carbonyl (C=O) groups is 1. The molecule has 1 fully saturated rings. The predicted octanol–water partition coefficient (Wildman–Crippen LogP) is 5.98. The molecule has 1 saturated heterocycles. The number of thiocarbonyl (C=S) groups is 1. The van der Waals surface area contributed by atoms with Gasteiger partial charge in [-0.2, -0.15) is 0 Å². The van der Waals surface area contributed by atoms with E-state index in [0.29, 0.717) is 15.8 Å². The smallest absolute Gasteiger partial charge is 0.270 e. The van der Waals surface area contributed by atoms with Crippen molar-refractivity contribution in [2.45, 2.75) is 13.5 Å². The molecule has 0 atom stereocenters. The van der Waals surface area contributed by atoms with Crippen molar-refractivity contribution in [1.82, 2.24) is 0 Å². The minimum atomic E-state index is -0.0996. The lowest BCUT2D eigenvalue weighted by Gasteiger charge is -2.13. The van der Waals surface area contributed by atoms with Crippen LogP contribution in [0.2, 0.25) is 0 Å². The lowest BCUT2D eigenvalue weighted by Crippen LogP contribution is -2.27. The highest BCUT2D eigenvalue weighted by Crippen LogP contribution is 2.36. The van der Waals surface area contributed by atoms with Crippen LogP contribution in [0.3, 0.4) is 0 Å². The second kappa shape index (κ2) is 8.64. The van der Waals surface area contributed by atoms with Gasteiger partial charge in [-0.15, -0.1) is 0 Å². The topological polar surface area (TPSA) is 29.5 Å². The van der Waals surface area contributed by atoms with Gasteiger partial charge in [-0.3, -0.25) is 9.69 Å². The Morgan fingerprint density at radius 3 is 2.55 bits per heavy atom. The molecule has 3 nitrogen and oxygen atoms in total. The maximum Gasteiger partial charge on any atom is 0.270 e. The summed E-state index contributed by atoms with van der Waals surface area (Å²) < 4.78 is 6.50. The number of aryl methyl sites for hydroxylation is 1. The van der Waals surface area contributed by atoms with E-state index in [4.69, 9.17) is 17.0 Å². The Labute approximate surface area is 180 Å². The van der Waals surface area contributed by atoms with Crippen LogP contribution in [0, 0.1) is 6.92 Å². The summed E-state index contributed by atoms with van der Waals surface area (Å²) in [4.78, 5) is 15.1. The van der Waals surface area contributed by atoms with Crippen molar-refractivity contribution in [3.8, 4) is 5.75 Å². The molecule has 3 aromatic rings. The predicted molar refractivity (Wildman–Crippen MR) is 124 cm³/mol. The molecule has 0 bridgehead atoms. The van der Waals surface area contributed by atoms with Gasteiger partial charge in [0.05, 0.1) is 10.6 Å². The molecule has 1 aliphatic heterocycles. The Hall–Kier alpha value is -2.89. The molecule has 0 unspecified atom stereocenters. The molecule has 3 aromatic carbocycles. The molecular formula is C24H19NO2S2. The summed E-state index contributed by atoms with van der Waals surface area (Å²) >= 11 is 6.75. The largest absolute Gasteiger partial charge is 0.489 e. The second-order valence-electron chi connectivity index (χ2n) is 6.64. The van der Waals surface area contributed by atoms with Crippen LogP contribution >= 0.6 is 24.0 Å². The molecule has 0 aromatic heterocycles. The van der Waals surface area contributed by atoms with Crippen molar-refractivity contribution < 1.29 is 9.53 Å². The van der Waals surface area contributed by atoms with Crippen LogP contribution in [0.4, 0.5) is 5.69 Å². The number of anilines is 1. The molecule has 1 amide bonds. The highest BCUT2D eigenvalue weighted by molar-refractivity contribution is 8.27. The third-order valence-electron chi connectivity index (χ3n) is 4.62. The first-order chi connectivity index (χ1) is 14.1. The quantitative estimate of drug-likeness (QED) is 0.377. The van der Waals surface area contributed by atoms with Gasteiger partial charge in [-0.1, -0.05) is 78.6 Å². The third kappa shape index (κ3) is 4.42. The van der Waals surface area contributed by atoms with Crippen molar-refractivity contribution in [1.29, 1.82) is 0 Å². The van der Waals surface area contributed by atoms with Gasteiger partial charge in [0.25, 0.3) is 5.91 Å². The number of amides is 1. The molecule has 0 aliphatic carbocycles. The molecular weight excluding hydrogens is 398 g/mol. The summed E-state index contributed by atoms with van der Waals surface area (Å²) in [6.45, 7) is 2.58. The molecule has 0 saturated carbocycles. The van der Waals surface area contributed by atoms with Crippen LogP contribution in [-0.2, 0) is 11.4 Å². The molecule has 0 radical (unpaired) electrons. The highest BCUT2D eigenvalue weighted by atomic mass is 32.2. The number of para-hydroxylation sites is 1. The number of benzene rings is 3. The Morgan fingerprint density at radius 2 is 1.76 bits per heavy atom. The van der Waals surface area contributed by atoms with Crippen LogP contribution in [0.5, 0.6) is 5.75 Å². The van der Waals surface area contributed by atoms with Crippen LogP contribution in [0.25, 0.3) is 6.08 Å². The fourth-order valence-corrected chi connectivity index (χ4v) is 4.35. The summed E-state index contributed by atoms with van der Waals surface area (Å²) in [6.07, 6.45) is 1.86. The molecule has 0 N–H and O–H groups in total. The average Bonchev–Trinajstić information content (AvgIpc) is 3.01. The van der Waals surface area contributed by atoms with Gasteiger partial charge in [0.15, 0.2) is 4.32 Å². The molecule has 0 spiro atoms. The van der Waals surface area contributed by atoms with Crippen molar-refractivity contribution in [3.05, 3.63) is 100 Å². The van der Waals surface area contributed by atoms with Crippen molar-refractivity contribution >= 4 is 46.0 Å². The van der Waals surface area contributed by atoms with E-state index >= 15 is 0 Å². The van der Waals surface area contributed by atoms with Crippen molar-refractivity contribution in [3.63, 3.8) is 0 Å². The summed E-state index contributed by atoms with van der Waals surface area (Å²) in [5.74, 6) is 0.665. The molecule has 29 heavy (non-hydrogen) atoms. The zero-order valence-electron chi connectivity index (χ0n) is 15.9. The summed E-state index contributed by atoms with van der Waals surface area (Å²) in [6, 6.07) is 25.4. The SMILES string of the molecule is Cc1ccccc1COc1cccc(C=C2SC(=S)N(c3ccccc3)C2=O)c1. The first-order valence-corrected chi connectivity index (χ1v) is 10.4. The monoisotopic (exact) mass is 417 g/mol. The number of rotatable bonds is 5. The van der Waals surface area contributed by atoms with E-state index in [1.165, 1.54) is 17.3 Å². The summed E-state index contributed by atoms with van der Waals surface area (Å²) in [5.41, 5.74) is 4.05. The van der Waals surface area contributed by atoms with Gasteiger partial charge in [-0.25, -0.2) is 0 Å². The van der Waals surface area contributed by atoms with Gasteiger partial charge in [0.2, 0.25) is 0 Å². The normalized spacial score (nSPS) is 15.2. The fraction of sp³-hybridized carbons (Fsp3) is 0.0833. The number of nitrogens with zero attached hydrogens (tertiary/aromatic N) is 1. The standard InChI is InChI=1S/C24H19NO2S2/c1-17-8-5-6-10-19(17)16-27-21-13-7-9-18(14-21)15-22-23(26)25(24(28)29-22)20-11-3-2-4-12-20/h2-15H,16H2,1H3. The molecule has 5 heteroatoms. The zero-order valence-corrected chi connectivity index (χ0v) is 17.5. The van der Waals surface area contributed by atoms with E-state index in [1.54, 1.807) is 4.90 Å². The van der Waals surface area contributed by atoms with Gasteiger partial charge in [0, 0.05) is 0 Å². The average molecular weight is 418 g/mol. The number of thioether (sulfide) groups is 1. The van der Waals surface area contributed by atoms with Crippen molar-refractivity contribution in [2.75, 3.05) is 4.90 Å². The molecule has 1 heterocycles. The van der Waals surface area contributed by atoms with Crippen LogP contribution in [-0.4, -0.2) is 10.2 Å². The number of carbonyl (C=O) groups excluding carboxylic acids is 1. The fourth-order valence-electron chi connectivity index (χ4n) is 3.05. The number of hydrogen-bond acceptors (Lipinski definition) is 4. The van der Waals surface area contributed by atoms with E-state index < -0.39 is 0 Å². The number of ether oxygens (including phenoxy) is 1. The maximum absolute atomic E-state index is 12.9. The lowest BCUT2D eigenvalue weighted by atomic mass is 10.1. The third-order valence-corrected chi connectivity index (χ3v) is 5.92. The Bertz CT molecular complexity index is 1090. The highest BCUT2D eigenvalue weighted by Gasteiger charge is 2.33. The van der Waals surface area contributed by atoms with Gasteiger partial charge >= 0.3 is 0 Å². The zero-order chi connectivity index (χ0) is 20.2. The molecule has 4 rings (SSSR count). The minimum Gasteiger partial charge on any atom is -0.489 e. The van der Waals surface area contributed by atoms with Gasteiger partial charge < -0.3 is 4.74 Å². The van der Waals surface area contributed by atoms with Gasteiger partial charge in [-0.05, 0) is 54.0 Å². The Kier molecular flexibility index (Phi) is 5.79. The van der Waals surface area contributed by atoms with E-state index in [-0.39, 0.29) is 5.91 Å².